The third kappa shape index (κ3) is 4.00. The molecule has 4 heteroatoms. The van der Waals surface area contributed by atoms with E-state index in [2.05, 4.69) is 49.7 Å². The summed E-state index contributed by atoms with van der Waals surface area (Å²) in [5.41, 5.74) is 7.53. The van der Waals surface area contributed by atoms with Crippen molar-refractivity contribution in [3.05, 3.63) is 29.6 Å². The number of nitrogens with zero attached hydrogens (tertiary/aromatic N) is 2. The maximum Gasteiger partial charge on any atom is 0.0760 e. The van der Waals surface area contributed by atoms with Crippen LogP contribution >= 0.6 is 0 Å². The first-order valence-electron chi connectivity index (χ1n) is 6.86. The van der Waals surface area contributed by atoms with Gasteiger partial charge in [-0.15, -0.1) is 0 Å². The molecule has 1 aliphatic heterocycles. The van der Waals surface area contributed by atoms with Crippen molar-refractivity contribution < 1.29 is 4.74 Å². The molecule has 1 aromatic heterocycles. The van der Waals surface area contributed by atoms with Gasteiger partial charge in [-0.3, -0.25) is 9.88 Å². The zero-order chi connectivity index (χ0) is 14.1. The van der Waals surface area contributed by atoms with Gasteiger partial charge in [0.05, 0.1) is 16.9 Å². The normalized spacial score (nSPS) is 22.4. The lowest BCUT2D eigenvalue weighted by Crippen LogP contribution is -2.56. The van der Waals surface area contributed by atoms with Crippen LogP contribution in [0.15, 0.2) is 18.3 Å². The molecular weight excluding hydrogens is 238 g/mol. The van der Waals surface area contributed by atoms with Gasteiger partial charge >= 0.3 is 0 Å². The maximum atomic E-state index is 6.09. The van der Waals surface area contributed by atoms with Gasteiger partial charge in [0.15, 0.2) is 0 Å². The molecule has 1 aromatic rings. The lowest BCUT2D eigenvalue weighted by molar-refractivity contribution is -0.182. The largest absolute Gasteiger partial charge is 0.367 e. The summed E-state index contributed by atoms with van der Waals surface area (Å²) in [4.78, 5) is 6.89. The maximum absolute atomic E-state index is 6.09. The highest BCUT2D eigenvalue weighted by Gasteiger charge is 2.37. The van der Waals surface area contributed by atoms with Crippen LogP contribution in [-0.2, 0) is 17.8 Å². The molecule has 1 fully saturated rings. The average molecular weight is 263 g/mol. The minimum Gasteiger partial charge on any atom is -0.367 e. The summed E-state index contributed by atoms with van der Waals surface area (Å²) in [5, 5.41) is 0. The SMILES string of the molecule is CC1(C)CN(Cc2ccc(CN)cn2)CC(C)(C)O1. The molecule has 0 radical (unpaired) electrons. The summed E-state index contributed by atoms with van der Waals surface area (Å²) in [6, 6.07) is 4.12. The molecule has 0 spiro atoms. The Kier molecular flexibility index (Phi) is 3.95. The first-order valence-corrected chi connectivity index (χ1v) is 6.86. The van der Waals surface area contributed by atoms with E-state index in [1.807, 2.05) is 6.20 Å². The van der Waals surface area contributed by atoms with Crippen molar-refractivity contribution in [2.75, 3.05) is 13.1 Å². The van der Waals surface area contributed by atoms with Crippen LogP contribution in [0.3, 0.4) is 0 Å². The van der Waals surface area contributed by atoms with Crippen molar-refractivity contribution >= 4 is 0 Å². The number of nitrogens with two attached hydrogens (primary N) is 1. The smallest absolute Gasteiger partial charge is 0.0760 e. The fourth-order valence-electron chi connectivity index (χ4n) is 2.96. The van der Waals surface area contributed by atoms with Gasteiger partial charge in [-0.1, -0.05) is 6.07 Å². The second-order valence-corrected chi connectivity index (χ2v) is 6.63. The lowest BCUT2D eigenvalue weighted by atomic mass is 9.99. The molecule has 0 saturated carbocycles. The Balaban J connectivity index is 2.05. The monoisotopic (exact) mass is 263 g/mol. The van der Waals surface area contributed by atoms with E-state index >= 15 is 0 Å². The van der Waals surface area contributed by atoms with Crippen molar-refractivity contribution in [3.8, 4) is 0 Å². The zero-order valence-corrected chi connectivity index (χ0v) is 12.4. The Hall–Kier alpha value is -0.970. The van der Waals surface area contributed by atoms with Crippen molar-refractivity contribution in [2.45, 2.75) is 52.0 Å². The van der Waals surface area contributed by atoms with Crippen LogP contribution in [0.4, 0.5) is 0 Å². The van der Waals surface area contributed by atoms with Crippen LogP contribution in [-0.4, -0.2) is 34.2 Å². The number of rotatable bonds is 3. The average Bonchev–Trinajstić information content (AvgIpc) is 2.25. The van der Waals surface area contributed by atoms with Crippen molar-refractivity contribution in [1.82, 2.24) is 9.88 Å². The molecule has 2 rings (SSSR count). The molecule has 4 nitrogen and oxygen atoms in total. The molecule has 0 unspecified atom stereocenters. The number of ether oxygens (including phenoxy) is 1. The molecule has 2 N–H and O–H groups in total. The van der Waals surface area contributed by atoms with Gasteiger partial charge in [-0.2, -0.15) is 0 Å². The number of hydrogen-bond donors (Lipinski definition) is 1. The first-order chi connectivity index (χ1) is 8.80. The van der Waals surface area contributed by atoms with E-state index in [4.69, 9.17) is 10.5 Å². The number of pyridine rings is 1. The zero-order valence-electron chi connectivity index (χ0n) is 12.4. The number of aromatic nitrogens is 1. The summed E-state index contributed by atoms with van der Waals surface area (Å²) in [6.07, 6.45) is 1.87. The van der Waals surface area contributed by atoms with Crippen molar-refractivity contribution in [3.63, 3.8) is 0 Å². The molecule has 1 aliphatic rings. The topological polar surface area (TPSA) is 51.4 Å². The second kappa shape index (κ2) is 5.19. The molecule has 0 aromatic carbocycles. The third-order valence-corrected chi connectivity index (χ3v) is 3.27. The van der Waals surface area contributed by atoms with Gasteiger partial charge in [-0.25, -0.2) is 0 Å². The molecule has 0 aliphatic carbocycles. The highest BCUT2D eigenvalue weighted by molar-refractivity contribution is 5.14. The van der Waals surface area contributed by atoms with Gasteiger partial charge in [0.2, 0.25) is 0 Å². The van der Waals surface area contributed by atoms with Gasteiger partial charge in [0.25, 0.3) is 0 Å². The molecule has 106 valence electrons. The van der Waals surface area contributed by atoms with E-state index in [9.17, 15) is 0 Å². The fourth-order valence-corrected chi connectivity index (χ4v) is 2.96. The summed E-state index contributed by atoms with van der Waals surface area (Å²) in [6.45, 7) is 11.8. The molecule has 0 atom stereocenters. The van der Waals surface area contributed by atoms with E-state index in [-0.39, 0.29) is 11.2 Å². The molecule has 0 amide bonds. The Labute approximate surface area is 116 Å². The van der Waals surface area contributed by atoms with E-state index in [0.717, 1.165) is 30.9 Å². The summed E-state index contributed by atoms with van der Waals surface area (Å²) in [7, 11) is 0. The Morgan fingerprint density at radius 2 is 1.84 bits per heavy atom. The van der Waals surface area contributed by atoms with Crippen molar-refractivity contribution in [2.24, 2.45) is 5.73 Å². The van der Waals surface area contributed by atoms with E-state index < -0.39 is 0 Å². The number of hydrogen-bond acceptors (Lipinski definition) is 4. The van der Waals surface area contributed by atoms with Crippen LogP contribution in [0.25, 0.3) is 0 Å². The Bertz CT molecular complexity index is 410. The second-order valence-electron chi connectivity index (χ2n) is 6.63. The van der Waals surface area contributed by atoms with E-state index in [0.29, 0.717) is 6.54 Å². The molecule has 1 saturated heterocycles. The summed E-state index contributed by atoms with van der Waals surface area (Å²) in [5.74, 6) is 0. The predicted molar refractivity (Wildman–Crippen MR) is 76.6 cm³/mol. The minimum atomic E-state index is -0.112. The molecular formula is C15H25N3O. The Morgan fingerprint density at radius 3 is 2.32 bits per heavy atom. The molecule has 0 bridgehead atoms. The predicted octanol–water partition coefficient (Wildman–Crippen LogP) is 1.93. The quantitative estimate of drug-likeness (QED) is 0.905. The summed E-state index contributed by atoms with van der Waals surface area (Å²) >= 11 is 0. The van der Waals surface area contributed by atoms with E-state index in [1.165, 1.54) is 0 Å². The van der Waals surface area contributed by atoms with Crippen LogP contribution in [0, 0.1) is 0 Å². The Morgan fingerprint density at radius 1 is 1.21 bits per heavy atom. The highest BCUT2D eigenvalue weighted by atomic mass is 16.5. The minimum absolute atomic E-state index is 0.112. The van der Waals surface area contributed by atoms with Gasteiger partial charge < -0.3 is 10.5 Å². The van der Waals surface area contributed by atoms with Crippen LogP contribution < -0.4 is 5.73 Å². The van der Waals surface area contributed by atoms with Crippen LogP contribution in [0.5, 0.6) is 0 Å². The summed E-state index contributed by atoms with van der Waals surface area (Å²) < 4.78 is 6.09. The van der Waals surface area contributed by atoms with Gasteiger partial charge in [-0.05, 0) is 39.3 Å². The van der Waals surface area contributed by atoms with Crippen LogP contribution in [0.2, 0.25) is 0 Å². The molecule has 19 heavy (non-hydrogen) atoms. The van der Waals surface area contributed by atoms with E-state index in [1.54, 1.807) is 0 Å². The van der Waals surface area contributed by atoms with Crippen LogP contribution in [0.1, 0.15) is 39.0 Å². The van der Waals surface area contributed by atoms with Gasteiger partial charge in [0, 0.05) is 32.4 Å². The third-order valence-electron chi connectivity index (χ3n) is 3.27. The molecule has 2 heterocycles. The first kappa shape index (κ1) is 14.4. The standard InChI is InChI=1S/C15H25N3O/c1-14(2)10-18(11-15(3,4)19-14)9-13-6-5-12(7-16)8-17-13/h5-6,8H,7,9-11,16H2,1-4H3. The van der Waals surface area contributed by atoms with Gasteiger partial charge in [0.1, 0.15) is 0 Å². The fraction of sp³-hybridized carbons (Fsp3) is 0.667. The van der Waals surface area contributed by atoms with Crippen molar-refractivity contribution in [1.29, 1.82) is 0 Å². The number of morpholine rings is 1. The highest BCUT2D eigenvalue weighted by Crippen LogP contribution is 2.28. The lowest BCUT2D eigenvalue weighted by Gasteiger charge is -2.47.